The van der Waals surface area contributed by atoms with Crippen LogP contribution in [0.1, 0.15) is 34.7 Å². The number of rotatable bonds is 7. The van der Waals surface area contributed by atoms with E-state index in [0.717, 1.165) is 25.0 Å². The number of hydrogen-bond acceptors (Lipinski definition) is 5. The molecule has 7 heteroatoms. The van der Waals surface area contributed by atoms with Gasteiger partial charge in [-0.15, -0.1) is 0 Å². The highest BCUT2D eigenvalue weighted by molar-refractivity contribution is 5.96. The van der Waals surface area contributed by atoms with Crippen LogP contribution >= 0.6 is 0 Å². The molecule has 26 heavy (non-hydrogen) atoms. The number of carbonyl (C=O) groups excluding carboxylic acids is 2. The van der Waals surface area contributed by atoms with E-state index in [2.05, 4.69) is 15.8 Å². The summed E-state index contributed by atoms with van der Waals surface area (Å²) in [6.07, 6.45) is 2.38. The first-order valence-corrected chi connectivity index (χ1v) is 8.79. The van der Waals surface area contributed by atoms with Gasteiger partial charge in [0.25, 0.3) is 5.91 Å². The zero-order valence-corrected chi connectivity index (χ0v) is 14.7. The molecule has 2 aromatic rings. The zero-order valence-electron chi connectivity index (χ0n) is 14.7. The Morgan fingerprint density at radius 1 is 1.31 bits per heavy atom. The minimum absolute atomic E-state index is 0.0465. The van der Waals surface area contributed by atoms with Gasteiger partial charge >= 0.3 is 0 Å². The molecule has 1 saturated heterocycles. The lowest BCUT2D eigenvalue weighted by atomic mass is 10.0. The molecule has 2 unspecified atom stereocenters. The maximum Gasteiger partial charge on any atom is 0.274 e. The van der Waals surface area contributed by atoms with Gasteiger partial charge < -0.3 is 19.9 Å². The van der Waals surface area contributed by atoms with Gasteiger partial charge in [-0.3, -0.25) is 9.59 Å². The van der Waals surface area contributed by atoms with Gasteiger partial charge in [0.05, 0.1) is 6.10 Å². The van der Waals surface area contributed by atoms with Crippen molar-refractivity contribution in [2.75, 3.05) is 13.2 Å². The predicted octanol–water partition coefficient (Wildman–Crippen LogP) is 1.62. The van der Waals surface area contributed by atoms with E-state index in [4.69, 9.17) is 9.26 Å². The summed E-state index contributed by atoms with van der Waals surface area (Å²) in [7, 11) is 0. The van der Waals surface area contributed by atoms with Gasteiger partial charge in [-0.05, 0) is 25.3 Å². The molecule has 2 N–H and O–H groups in total. The molecular formula is C19H23N3O4. The molecule has 1 aromatic heterocycles. The van der Waals surface area contributed by atoms with Crippen molar-refractivity contribution in [2.24, 2.45) is 0 Å². The first-order chi connectivity index (χ1) is 12.6. The maximum absolute atomic E-state index is 12.7. The fourth-order valence-electron chi connectivity index (χ4n) is 2.91. The molecule has 2 heterocycles. The highest BCUT2D eigenvalue weighted by Crippen LogP contribution is 2.11. The van der Waals surface area contributed by atoms with Gasteiger partial charge in [-0.25, -0.2) is 0 Å². The Kier molecular flexibility index (Phi) is 6.01. The van der Waals surface area contributed by atoms with E-state index in [9.17, 15) is 9.59 Å². The molecule has 0 saturated carbocycles. The third-order valence-corrected chi connectivity index (χ3v) is 4.29. The van der Waals surface area contributed by atoms with Crippen molar-refractivity contribution in [1.82, 2.24) is 15.8 Å². The van der Waals surface area contributed by atoms with Crippen molar-refractivity contribution in [3.05, 3.63) is 53.4 Å². The predicted molar refractivity (Wildman–Crippen MR) is 94.6 cm³/mol. The summed E-state index contributed by atoms with van der Waals surface area (Å²) in [5.41, 5.74) is 1.12. The third-order valence-electron chi connectivity index (χ3n) is 4.29. The third kappa shape index (κ3) is 4.92. The zero-order chi connectivity index (χ0) is 18.4. The fraction of sp³-hybridized carbons (Fsp3) is 0.421. The maximum atomic E-state index is 12.7. The van der Waals surface area contributed by atoms with Crippen LogP contribution in [0, 0.1) is 6.92 Å². The van der Waals surface area contributed by atoms with E-state index >= 15 is 0 Å². The summed E-state index contributed by atoms with van der Waals surface area (Å²) in [5, 5.41) is 9.35. The van der Waals surface area contributed by atoms with Gasteiger partial charge in [-0.2, -0.15) is 0 Å². The lowest BCUT2D eigenvalue weighted by molar-refractivity contribution is -0.123. The first-order valence-electron chi connectivity index (χ1n) is 8.79. The van der Waals surface area contributed by atoms with Crippen molar-refractivity contribution in [1.29, 1.82) is 0 Å². The second-order valence-corrected chi connectivity index (χ2v) is 6.42. The Morgan fingerprint density at radius 3 is 2.77 bits per heavy atom. The molecule has 0 spiro atoms. The smallest absolute Gasteiger partial charge is 0.274 e. The van der Waals surface area contributed by atoms with Gasteiger partial charge in [-0.1, -0.05) is 35.5 Å². The number of hydrogen-bond donors (Lipinski definition) is 2. The Hall–Kier alpha value is -2.67. The number of ether oxygens (including phenoxy) is 1. The van der Waals surface area contributed by atoms with Gasteiger partial charge in [0.15, 0.2) is 5.69 Å². The summed E-state index contributed by atoms with van der Waals surface area (Å²) < 4.78 is 10.5. The van der Waals surface area contributed by atoms with E-state index in [1.807, 2.05) is 30.3 Å². The second-order valence-electron chi connectivity index (χ2n) is 6.42. The molecule has 1 aliphatic rings. The average Bonchev–Trinajstić information content (AvgIpc) is 3.31. The number of benzene rings is 1. The van der Waals surface area contributed by atoms with E-state index < -0.39 is 11.9 Å². The number of aryl methyl sites for hydroxylation is 1. The molecule has 7 nitrogen and oxygen atoms in total. The van der Waals surface area contributed by atoms with Crippen molar-refractivity contribution in [2.45, 2.75) is 38.3 Å². The Bertz CT molecular complexity index is 738. The van der Waals surface area contributed by atoms with Crippen LogP contribution < -0.4 is 10.6 Å². The number of aromatic nitrogens is 1. The number of nitrogens with one attached hydrogen (secondary N) is 2. The lowest BCUT2D eigenvalue weighted by Gasteiger charge is -2.19. The Balaban J connectivity index is 1.65. The molecule has 0 aliphatic carbocycles. The molecule has 2 amide bonds. The summed E-state index contributed by atoms with van der Waals surface area (Å²) in [5.74, 6) is -0.134. The van der Waals surface area contributed by atoms with Crippen LogP contribution in [0.25, 0.3) is 0 Å². The van der Waals surface area contributed by atoms with Crippen molar-refractivity contribution >= 4 is 11.8 Å². The summed E-state index contributed by atoms with van der Waals surface area (Å²) in [4.78, 5) is 25.0. The number of nitrogens with zero attached hydrogens (tertiary/aromatic N) is 1. The fourth-order valence-corrected chi connectivity index (χ4v) is 2.91. The average molecular weight is 357 g/mol. The molecule has 1 aromatic carbocycles. The Labute approximate surface area is 152 Å². The van der Waals surface area contributed by atoms with Crippen molar-refractivity contribution in [3.8, 4) is 0 Å². The van der Waals surface area contributed by atoms with Crippen LogP contribution in [0.15, 0.2) is 40.9 Å². The standard InChI is InChI=1S/C19H23N3O4/c1-13-10-17(22-26-13)19(24)21-16(11-14-6-3-2-4-7-14)18(23)20-12-15-8-5-9-25-15/h2-4,6-7,10,15-16H,5,8-9,11-12H2,1H3,(H,20,23)(H,21,24). The summed E-state index contributed by atoms with van der Waals surface area (Å²) >= 11 is 0. The highest BCUT2D eigenvalue weighted by atomic mass is 16.5. The molecular weight excluding hydrogens is 334 g/mol. The number of amides is 2. The van der Waals surface area contributed by atoms with Gasteiger partial charge in [0, 0.05) is 25.6 Å². The summed E-state index contributed by atoms with van der Waals surface area (Å²) in [6, 6.07) is 10.4. The quantitative estimate of drug-likeness (QED) is 0.785. The molecule has 2 atom stereocenters. The second kappa shape index (κ2) is 8.62. The molecule has 138 valence electrons. The highest BCUT2D eigenvalue weighted by Gasteiger charge is 2.25. The minimum Gasteiger partial charge on any atom is -0.376 e. The topological polar surface area (TPSA) is 93.5 Å². The molecule has 1 aliphatic heterocycles. The van der Waals surface area contributed by atoms with Crippen LogP contribution in [-0.2, 0) is 16.0 Å². The number of carbonyl (C=O) groups is 2. The van der Waals surface area contributed by atoms with Gasteiger partial charge in [0.1, 0.15) is 11.8 Å². The minimum atomic E-state index is -0.705. The van der Waals surface area contributed by atoms with Crippen LogP contribution in [0.3, 0.4) is 0 Å². The largest absolute Gasteiger partial charge is 0.376 e. The van der Waals surface area contributed by atoms with Crippen LogP contribution in [0.4, 0.5) is 0 Å². The SMILES string of the molecule is Cc1cc(C(=O)NC(Cc2ccccc2)C(=O)NCC2CCCO2)no1. The lowest BCUT2D eigenvalue weighted by Crippen LogP contribution is -2.49. The van der Waals surface area contributed by atoms with Crippen LogP contribution in [0.2, 0.25) is 0 Å². The molecule has 3 rings (SSSR count). The van der Waals surface area contributed by atoms with Crippen molar-refractivity contribution in [3.63, 3.8) is 0 Å². The molecule has 0 bridgehead atoms. The van der Waals surface area contributed by atoms with Crippen LogP contribution in [-0.4, -0.2) is 42.3 Å². The van der Waals surface area contributed by atoms with E-state index in [1.165, 1.54) is 0 Å². The first kappa shape index (κ1) is 18.1. The van der Waals surface area contributed by atoms with Crippen LogP contribution in [0.5, 0.6) is 0 Å². The van der Waals surface area contributed by atoms with Gasteiger partial charge in [0.2, 0.25) is 5.91 Å². The van der Waals surface area contributed by atoms with Crippen molar-refractivity contribution < 1.29 is 18.8 Å². The van der Waals surface area contributed by atoms with E-state index in [-0.39, 0.29) is 17.7 Å². The molecule has 1 fully saturated rings. The molecule has 0 radical (unpaired) electrons. The normalized spacial score (nSPS) is 17.7. The van der Waals surface area contributed by atoms with E-state index in [0.29, 0.717) is 18.7 Å². The van der Waals surface area contributed by atoms with E-state index in [1.54, 1.807) is 13.0 Å². The monoisotopic (exact) mass is 357 g/mol. The Morgan fingerprint density at radius 2 is 2.12 bits per heavy atom. The summed E-state index contributed by atoms with van der Waals surface area (Å²) in [6.45, 7) is 2.89.